The third-order valence-electron chi connectivity index (χ3n) is 4.15. The summed E-state index contributed by atoms with van der Waals surface area (Å²) < 4.78 is 28.0. The highest BCUT2D eigenvalue weighted by Gasteiger charge is 2.24. The molecular formula is C19H15F2N3O. The van der Waals surface area contributed by atoms with Crippen LogP contribution in [0.5, 0.6) is 0 Å². The second-order valence-electron chi connectivity index (χ2n) is 6.09. The molecule has 1 aliphatic rings. The maximum atomic E-state index is 14.3. The average Bonchev–Trinajstić information content (AvgIpc) is 3.31. The monoisotopic (exact) mass is 339 g/mol. The molecule has 0 unspecified atom stereocenters. The number of nitrogens with zero attached hydrogens (tertiary/aromatic N) is 1. The molecule has 4 nitrogen and oxygen atoms in total. The van der Waals surface area contributed by atoms with E-state index in [2.05, 4.69) is 15.5 Å². The fourth-order valence-electron chi connectivity index (χ4n) is 2.63. The standard InChI is InChI=1S/C19H15F2N3O/c20-15-4-2-1-3-11(15)5-8-17-14-9-12(19(25)22-13-6-7-13)10-16(21)18(14)24-23-17/h1-5,8-10,13H,6-7H2,(H,22,25)(H,23,24)/b8-5+. The fraction of sp³-hybridized carbons (Fsp3) is 0.158. The number of halogens is 2. The first kappa shape index (κ1) is 15.5. The largest absolute Gasteiger partial charge is 0.349 e. The third-order valence-corrected chi connectivity index (χ3v) is 4.15. The van der Waals surface area contributed by atoms with Gasteiger partial charge in [-0.2, -0.15) is 5.10 Å². The van der Waals surface area contributed by atoms with E-state index in [0.29, 0.717) is 16.6 Å². The molecule has 2 N–H and O–H groups in total. The number of H-pyrrole nitrogens is 1. The number of hydrogen-bond acceptors (Lipinski definition) is 2. The number of amides is 1. The van der Waals surface area contributed by atoms with Gasteiger partial charge in [-0.1, -0.05) is 18.2 Å². The molecule has 0 atom stereocenters. The predicted molar refractivity (Wildman–Crippen MR) is 91.9 cm³/mol. The Morgan fingerprint density at radius 3 is 2.72 bits per heavy atom. The van der Waals surface area contributed by atoms with Crippen molar-refractivity contribution in [3.8, 4) is 0 Å². The van der Waals surface area contributed by atoms with Gasteiger partial charge in [0.05, 0.1) is 5.69 Å². The minimum Gasteiger partial charge on any atom is -0.349 e. The summed E-state index contributed by atoms with van der Waals surface area (Å²) in [6.45, 7) is 0. The number of benzene rings is 2. The fourth-order valence-corrected chi connectivity index (χ4v) is 2.63. The van der Waals surface area contributed by atoms with E-state index in [4.69, 9.17) is 0 Å². The molecule has 126 valence electrons. The van der Waals surface area contributed by atoms with Gasteiger partial charge in [0.15, 0.2) is 5.82 Å². The minimum atomic E-state index is -0.569. The summed E-state index contributed by atoms with van der Waals surface area (Å²) in [5.74, 6) is -1.22. The van der Waals surface area contributed by atoms with Crippen molar-refractivity contribution in [1.29, 1.82) is 0 Å². The van der Waals surface area contributed by atoms with Crippen LogP contribution in [0.4, 0.5) is 8.78 Å². The number of hydrogen-bond donors (Lipinski definition) is 2. The molecular weight excluding hydrogens is 324 g/mol. The summed E-state index contributed by atoms with van der Waals surface area (Å²) >= 11 is 0. The van der Waals surface area contributed by atoms with Crippen molar-refractivity contribution in [2.45, 2.75) is 18.9 Å². The maximum absolute atomic E-state index is 14.3. The van der Waals surface area contributed by atoms with Gasteiger partial charge in [0.25, 0.3) is 5.91 Å². The van der Waals surface area contributed by atoms with Crippen LogP contribution in [-0.2, 0) is 0 Å². The first-order valence-corrected chi connectivity index (χ1v) is 8.03. The van der Waals surface area contributed by atoms with Gasteiger partial charge in [-0.15, -0.1) is 0 Å². The van der Waals surface area contributed by atoms with E-state index in [-0.39, 0.29) is 28.8 Å². The Morgan fingerprint density at radius 2 is 1.96 bits per heavy atom. The molecule has 2 aromatic carbocycles. The Labute approximate surface area is 142 Å². The lowest BCUT2D eigenvalue weighted by Crippen LogP contribution is -2.25. The molecule has 0 bridgehead atoms. The lowest BCUT2D eigenvalue weighted by atomic mass is 10.1. The van der Waals surface area contributed by atoms with Gasteiger partial charge in [0.2, 0.25) is 0 Å². The van der Waals surface area contributed by atoms with Crippen LogP contribution in [-0.4, -0.2) is 22.1 Å². The lowest BCUT2D eigenvalue weighted by Gasteiger charge is -2.04. The highest BCUT2D eigenvalue weighted by molar-refractivity contribution is 6.00. The van der Waals surface area contributed by atoms with E-state index in [0.717, 1.165) is 12.8 Å². The van der Waals surface area contributed by atoms with Crippen LogP contribution >= 0.6 is 0 Å². The molecule has 1 aromatic heterocycles. The Hall–Kier alpha value is -3.02. The molecule has 3 aromatic rings. The Balaban J connectivity index is 1.70. The number of aromatic amines is 1. The van der Waals surface area contributed by atoms with E-state index in [1.165, 1.54) is 12.1 Å². The third kappa shape index (κ3) is 3.15. The van der Waals surface area contributed by atoms with Gasteiger partial charge in [-0.3, -0.25) is 9.89 Å². The number of carbonyl (C=O) groups excluding carboxylic acids is 1. The number of aromatic nitrogens is 2. The molecule has 0 radical (unpaired) electrons. The summed E-state index contributed by atoms with van der Waals surface area (Å²) in [6.07, 6.45) is 5.12. The number of carbonyl (C=O) groups is 1. The zero-order valence-electron chi connectivity index (χ0n) is 13.2. The smallest absolute Gasteiger partial charge is 0.251 e. The zero-order valence-corrected chi connectivity index (χ0v) is 13.2. The van der Waals surface area contributed by atoms with Crippen LogP contribution in [0, 0.1) is 11.6 Å². The summed E-state index contributed by atoms with van der Waals surface area (Å²) in [5, 5.41) is 10.00. The number of nitrogens with one attached hydrogen (secondary N) is 2. The van der Waals surface area contributed by atoms with Gasteiger partial charge in [-0.25, -0.2) is 8.78 Å². The van der Waals surface area contributed by atoms with Crippen molar-refractivity contribution in [2.24, 2.45) is 0 Å². The zero-order chi connectivity index (χ0) is 17.4. The number of rotatable bonds is 4. The van der Waals surface area contributed by atoms with Crippen molar-refractivity contribution < 1.29 is 13.6 Å². The normalized spacial score (nSPS) is 14.3. The highest BCUT2D eigenvalue weighted by atomic mass is 19.1. The molecule has 1 aliphatic carbocycles. The van der Waals surface area contributed by atoms with Crippen molar-refractivity contribution >= 4 is 29.0 Å². The SMILES string of the molecule is O=C(NC1CC1)c1cc(F)c2n[nH]c(/C=C/c3ccccc3F)c2c1. The van der Waals surface area contributed by atoms with E-state index in [9.17, 15) is 13.6 Å². The Kier molecular flexibility index (Phi) is 3.80. The molecule has 0 saturated heterocycles. The van der Waals surface area contributed by atoms with Crippen LogP contribution < -0.4 is 5.32 Å². The quantitative estimate of drug-likeness (QED) is 0.757. The topological polar surface area (TPSA) is 57.8 Å². The molecule has 1 heterocycles. The molecule has 6 heteroatoms. The van der Waals surface area contributed by atoms with Gasteiger partial charge in [-0.05, 0) is 43.2 Å². The summed E-state index contributed by atoms with van der Waals surface area (Å²) in [4.78, 5) is 12.2. The molecule has 1 amide bonds. The molecule has 1 fully saturated rings. The first-order chi connectivity index (χ1) is 12.1. The van der Waals surface area contributed by atoms with Crippen LogP contribution in [0.15, 0.2) is 36.4 Å². The first-order valence-electron chi connectivity index (χ1n) is 8.03. The molecule has 4 rings (SSSR count). The predicted octanol–water partition coefficient (Wildman–Crippen LogP) is 3.90. The summed E-state index contributed by atoms with van der Waals surface area (Å²) in [6, 6.07) is 9.32. The van der Waals surface area contributed by atoms with Gasteiger partial charge in [0.1, 0.15) is 11.3 Å². The lowest BCUT2D eigenvalue weighted by molar-refractivity contribution is 0.0951. The Bertz CT molecular complexity index is 989. The second kappa shape index (κ2) is 6.12. The van der Waals surface area contributed by atoms with E-state index < -0.39 is 5.82 Å². The summed E-state index contributed by atoms with van der Waals surface area (Å²) in [5.41, 5.74) is 1.32. The molecule has 25 heavy (non-hydrogen) atoms. The molecule has 0 aliphatic heterocycles. The van der Waals surface area contributed by atoms with Gasteiger partial charge < -0.3 is 5.32 Å². The van der Waals surface area contributed by atoms with E-state index in [1.54, 1.807) is 36.4 Å². The second-order valence-corrected chi connectivity index (χ2v) is 6.09. The van der Waals surface area contributed by atoms with Crippen LogP contribution in [0.25, 0.3) is 23.1 Å². The maximum Gasteiger partial charge on any atom is 0.251 e. The van der Waals surface area contributed by atoms with Crippen molar-refractivity contribution in [2.75, 3.05) is 0 Å². The van der Waals surface area contributed by atoms with Crippen LogP contribution in [0.2, 0.25) is 0 Å². The van der Waals surface area contributed by atoms with Gasteiger partial charge in [0, 0.05) is 22.6 Å². The molecule has 1 saturated carbocycles. The van der Waals surface area contributed by atoms with Crippen LogP contribution in [0.1, 0.15) is 34.5 Å². The van der Waals surface area contributed by atoms with Crippen LogP contribution in [0.3, 0.4) is 0 Å². The average molecular weight is 339 g/mol. The van der Waals surface area contributed by atoms with Gasteiger partial charge >= 0.3 is 0 Å². The molecule has 0 spiro atoms. The van der Waals surface area contributed by atoms with Crippen molar-refractivity contribution in [3.05, 3.63) is 64.9 Å². The van der Waals surface area contributed by atoms with E-state index in [1.807, 2.05) is 0 Å². The van der Waals surface area contributed by atoms with Crippen molar-refractivity contribution in [3.63, 3.8) is 0 Å². The van der Waals surface area contributed by atoms with Crippen molar-refractivity contribution in [1.82, 2.24) is 15.5 Å². The minimum absolute atomic E-state index is 0.149. The number of fused-ring (bicyclic) bond motifs is 1. The summed E-state index contributed by atoms with van der Waals surface area (Å²) in [7, 11) is 0. The van der Waals surface area contributed by atoms with E-state index >= 15 is 0 Å². The Morgan fingerprint density at radius 1 is 1.16 bits per heavy atom. The highest BCUT2D eigenvalue weighted by Crippen LogP contribution is 2.24.